The van der Waals surface area contributed by atoms with E-state index >= 15 is 0 Å². The van der Waals surface area contributed by atoms with E-state index < -0.39 is 0 Å². The summed E-state index contributed by atoms with van der Waals surface area (Å²) >= 11 is 0. The van der Waals surface area contributed by atoms with Gasteiger partial charge < -0.3 is 15.2 Å². The molecule has 1 aromatic carbocycles. The summed E-state index contributed by atoms with van der Waals surface area (Å²) in [6.07, 6.45) is 12.6. The van der Waals surface area contributed by atoms with Crippen molar-refractivity contribution in [2.45, 2.75) is 44.6 Å². The van der Waals surface area contributed by atoms with Crippen molar-refractivity contribution < 1.29 is 4.79 Å². The van der Waals surface area contributed by atoms with Crippen LogP contribution in [0.5, 0.6) is 0 Å². The second-order valence-electron chi connectivity index (χ2n) is 8.11. The van der Waals surface area contributed by atoms with Crippen LogP contribution in [0.15, 0.2) is 48.9 Å². The van der Waals surface area contributed by atoms with Crippen molar-refractivity contribution in [1.82, 2.24) is 20.2 Å². The molecule has 1 saturated carbocycles. The van der Waals surface area contributed by atoms with Gasteiger partial charge in [-0.05, 0) is 54.8 Å². The SMILES string of the molecule is CN(CCNC(=O)Cc1c[nH]c2cc(-c3ccncc3)ccc12)C1CCCCC1. The van der Waals surface area contributed by atoms with Crippen LogP contribution in [0.1, 0.15) is 37.7 Å². The maximum atomic E-state index is 12.4. The van der Waals surface area contributed by atoms with Gasteiger partial charge in [0.25, 0.3) is 0 Å². The number of pyridine rings is 1. The maximum Gasteiger partial charge on any atom is 0.224 e. The van der Waals surface area contributed by atoms with E-state index in [1.54, 1.807) is 12.4 Å². The standard InChI is InChI=1S/C24H30N4O/c1-28(21-5-3-2-4-6-21)14-13-26-24(29)16-20-17-27-23-15-19(7-8-22(20)23)18-9-11-25-12-10-18/h7-12,15,17,21,27H,2-6,13-14,16H2,1H3,(H,26,29). The molecule has 152 valence electrons. The molecular formula is C24H30N4O. The van der Waals surface area contributed by atoms with Gasteiger partial charge in [-0.1, -0.05) is 31.4 Å². The molecule has 2 aromatic heterocycles. The number of carbonyl (C=O) groups excluding carboxylic acids is 1. The first-order chi connectivity index (χ1) is 14.2. The fourth-order valence-corrected chi connectivity index (χ4v) is 4.37. The number of nitrogens with zero attached hydrogens (tertiary/aromatic N) is 2. The van der Waals surface area contributed by atoms with Crippen molar-refractivity contribution >= 4 is 16.8 Å². The second kappa shape index (κ2) is 9.23. The third kappa shape index (κ3) is 4.85. The summed E-state index contributed by atoms with van der Waals surface area (Å²) in [6, 6.07) is 11.0. The van der Waals surface area contributed by atoms with Gasteiger partial charge >= 0.3 is 0 Å². The molecule has 0 aliphatic heterocycles. The number of carbonyl (C=O) groups is 1. The summed E-state index contributed by atoms with van der Waals surface area (Å²) in [7, 11) is 2.18. The van der Waals surface area contributed by atoms with Crippen LogP contribution < -0.4 is 5.32 Å². The Morgan fingerprint density at radius 1 is 1.14 bits per heavy atom. The molecule has 1 amide bonds. The quantitative estimate of drug-likeness (QED) is 0.637. The van der Waals surface area contributed by atoms with Crippen molar-refractivity contribution in [3.05, 3.63) is 54.5 Å². The van der Waals surface area contributed by atoms with Gasteiger partial charge in [-0.2, -0.15) is 0 Å². The monoisotopic (exact) mass is 390 g/mol. The lowest BCUT2D eigenvalue weighted by Gasteiger charge is -2.31. The number of H-pyrrole nitrogens is 1. The summed E-state index contributed by atoms with van der Waals surface area (Å²) in [5.74, 6) is 0.0844. The Kier molecular flexibility index (Phi) is 6.25. The van der Waals surface area contributed by atoms with E-state index in [0.717, 1.165) is 34.1 Å². The Balaban J connectivity index is 1.32. The molecule has 5 nitrogen and oxygen atoms in total. The van der Waals surface area contributed by atoms with Gasteiger partial charge in [0.2, 0.25) is 5.91 Å². The largest absolute Gasteiger partial charge is 0.361 e. The van der Waals surface area contributed by atoms with Crippen LogP contribution >= 0.6 is 0 Å². The minimum Gasteiger partial charge on any atom is -0.361 e. The number of fused-ring (bicyclic) bond motifs is 1. The molecule has 1 aliphatic rings. The molecule has 0 unspecified atom stereocenters. The van der Waals surface area contributed by atoms with Crippen molar-refractivity contribution in [1.29, 1.82) is 0 Å². The van der Waals surface area contributed by atoms with Gasteiger partial charge in [-0.15, -0.1) is 0 Å². The normalized spacial score (nSPS) is 15.1. The zero-order chi connectivity index (χ0) is 20.1. The molecule has 2 heterocycles. The minimum absolute atomic E-state index is 0.0844. The highest BCUT2D eigenvalue weighted by Crippen LogP contribution is 2.26. The first kappa shape index (κ1) is 19.6. The molecule has 1 aliphatic carbocycles. The lowest BCUT2D eigenvalue weighted by molar-refractivity contribution is -0.120. The molecule has 5 heteroatoms. The predicted octanol–water partition coefficient (Wildman–Crippen LogP) is 4.15. The topological polar surface area (TPSA) is 61.0 Å². The van der Waals surface area contributed by atoms with E-state index in [1.807, 2.05) is 18.3 Å². The number of rotatable bonds is 7. The van der Waals surface area contributed by atoms with Crippen LogP contribution in [0, 0.1) is 0 Å². The van der Waals surface area contributed by atoms with Gasteiger partial charge in [0.15, 0.2) is 0 Å². The summed E-state index contributed by atoms with van der Waals surface area (Å²) in [4.78, 5) is 22.3. The average Bonchev–Trinajstić information content (AvgIpc) is 3.16. The fourth-order valence-electron chi connectivity index (χ4n) is 4.37. The van der Waals surface area contributed by atoms with Crippen LogP contribution in [-0.4, -0.2) is 47.0 Å². The number of amides is 1. The Morgan fingerprint density at radius 3 is 2.72 bits per heavy atom. The highest BCUT2D eigenvalue weighted by molar-refractivity contribution is 5.91. The number of hydrogen-bond donors (Lipinski definition) is 2. The van der Waals surface area contributed by atoms with Gasteiger partial charge in [0, 0.05) is 48.6 Å². The lowest BCUT2D eigenvalue weighted by atomic mass is 9.94. The van der Waals surface area contributed by atoms with E-state index in [9.17, 15) is 4.79 Å². The molecule has 0 bridgehead atoms. The Morgan fingerprint density at radius 2 is 1.93 bits per heavy atom. The number of aromatic amines is 1. The fraction of sp³-hybridized carbons (Fsp3) is 0.417. The van der Waals surface area contributed by atoms with Gasteiger partial charge in [-0.3, -0.25) is 9.78 Å². The van der Waals surface area contributed by atoms with Crippen LogP contribution in [0.25, 0.3) is 22.0 Å². The molecule has 0 spiro atoms. The molecule has 2 N–H and O–H groups in total. The van der Waals surface area contributed by atoms with Crippen molar-refractivity contribution in [3.63, 3.8) is 0 Å². The van der Waals surface area contributed by atoms with E-state index in [2.05, 4.69) is 45.4 Å². The van der Waals surface area contributed by atoms with Gasteiger partial charge in [0.05, 0.1) is 6.42 Å². The molecule has 1 fully saturated rings. The number of likely N-dealkylation sites (N-methyl/N-ethyl adjacent to an activating group) is 1. The summed E-state index contributed by atoms with van der Waals surface area (Å²) in [5.41, 5.74) is 4.37. The first-order valence-corrected chi connectivity index (χ1v) is 10.7. The van der Waals surface area contributed by atoms with Gasteiger partial charge in [-0.25, -0.2) is 0 Å². The molecular weight excluding hydrogens is 360 g/mol. The summed E-state index contributed by atoms with van der Waals surface area (Å²) < 4.78 is 0. The Labute approximate surface area is 172 Å². The highest BCUT2D eigenvalue weighted by Gasteiger charge is 2.17. The number of nitrogens with one attached hydrogen (secondary N) is 2. The summed E-state index contributed by atoms with van der Waals surface area (Å²) in [5, 5.41) is 4.20. The van der Waals surface area contributed by atoms with Crippen LogP contribution in [0.3, 0.4) is 0 Å². The van der Waals surface area contributed by atoms with E-state index in [0.29, 0.717) is 19.0 Å². The second-order valence-corrected chi connectivity index (χ2v) is 8.11. The third-order valence-corrected chi connectivity index (χ3v) is 6.12. The van der Waals surface area contributed by atoms with E-state index in [1.165, 1.54) is 32.1 Å². The highest BCUT2D eigenvalue weighted by atomic mass is 16.1. The van der Waals surface area contributed by atoms with Crippen LogP contribution in [-0.2, 0) is 11.2 Å². The number of aromatic nitrogens is 2. The smallest absolute Gasteiger partial charge is 0.224 e. The number of benzene rings is 1. The van der Waals surface area contributed by atoms with Crippen molar-refractivity contribution in [3.8, 4) is 11.1 Å². The van der Waals surface area contributed by atoms with Crippen LogP contribution in [0.4, 0.5) is 0 Å². The van der Waals surface area contributed by atoms with Crippen molar-refractivity contribution in [2.24, 2.45) is 0 Å². The third-order valence-electron chi connectivity index (χ3n) is 6.12. The number of hydrogen-bond acceptors (Lipinski definition) is 3. The minimum atomic E-state index is 0.0844. The van der Waals surface area contributed by atoms with Crippen molar-refractivity contribution in [2.75, 3.05) is 20.1 Å². The average molecular weight is 391 g/mol. The maximum absolute atomic E-state index is 12.4. The molecule has 29 heavy (non-hydrogen) atoms. The van der Waals surface area contributed by atoms with Crippen LogP contribution in [0.2, 0.25) is 0 Å². The van der Waals surface area contributed by atoms with E-state index in [-0.39, 0.29) is 5.91 Å². The summed E-state index contributed by atoms with van der Waals surface area (Å²) in [6.45, 7) is 1.62. The zero-order valence-electron chi connectivity index (χ0n) is 17.2. The Bertz CT molecular complexity index is 944. The lowest BCUT2D eigenvalue weighted by Crippen LogP contribution is -2.39. The molecule has 0 saturated heterocycles. The van der Waals surface area contributed by atoms with E-state index in [4.69, 9.17) is 0 Å². The molecule has 3 aromatic rings. The first-order valence-electron chi connectivity index (χ1n) is 10.7. The zero-order valence-corrected chi connectivity index (χ0v) is 17.2. The predicted molar refractivity (Wildman–Crippen MR) is 118 cm³/mol. The molecule has 0 atom stereocenters. The molecule has 4 rings (SSSR count). The molecule has 0 radical (unpaired) electrons. The Hall–Kier alpha value is -2.66. The van der Waals surface area contributed by atoms with Gasteiger partial charge in [0.1, 0.15) is 0 Å².